The lowest BCUT2D eigenvalue weighted by Gasteiger charge is -2.31. The van der Waals surface area contributed by atoms with E-state index in [1.807, 2.05) is 25.6 Å². The molecule has 15 heavy (non-hydrogen) atoms. The van der Waals surface area contributed by atoms with E-state index in [0.29, 0.717) is 13.1 Å². The summed E-state index contributed by atoms with van der Waals surface area (Å²) in [5, 5.41) is 3.05. The second-order valence-electron chi connectivity index (χ2n) is 3.70. The number of nitrogens with zero attached hydrogens (tertiary/aromatic N) is 1. The van der Waals surface area contributed by atoms with Crippen LogP contribution in [0.4, 0.5) is 0 Å². The van der Waals surface area contributed by atoms with Gasteiger partial charge in [-0.15, -0.1) is 0 Å². The van der Waals surface area contributed by atoms with Gasteiger partial charge < -0.3 is 5.32 Å². The van der Waals surface area contributed by atoms with E-state index in [1.54, 1.807) is 4.31 Å². The van der Waals surface area contributed by atoms with Gasteiger partial charge in [-0.25, -0.2) is 8.42 Å². The van der Waals surface area contributed by atoms with E-state index in [2.05, 4.69) is 5.32 Å². The third-order valence-electron chi connectivity index (χ3n) is 2.45. The van der Waals surface area contributed by atoms with E-state index < -0.39 is 10.0 Å². The molecular weight excluding hydrogens is 232 g/mol. The molecule has 6 heteroatoms. The fraction of sp³-hybridized carbons (Fsp3) is 1.00. The second-order valence-corrected chi connectivity index (χ2v) is 6.90. The monoisotopic (exact) mass is 252 g/mol. The molecule has 4 nitrogen and oxygen atoms in total. The molecule has 0 aliphatic carbocycles. The molecule has 1 N–H and O–H groups in total. The number of nitrogens with one attached hydrogen (secondary N) is 1. The molecule has 90 valence electrons. The number of rotatable bonds is 5. The van der Waals surface area contributed by atoms with E-state index in [9.17, 15) is 8.42 Å². The van der Waals surface area contributed by atoms with Crippen molar-refractivity contribution in [1.29, 1.82) is 0 Å². The maximum atomic E-state index is 11.9. The molecule has 0 spiro atoms. The molecule has 1 unspecified atom stereocenters. The van der Waals surface area contributed by atoms with E-state index in [1.165, 1.54) is 0 Å². The van der Waals surface area contributed by atoms with Crippen molar-refractivity contribution < 1.29 is 8.42 Å². The Morgan fingerprint density at radius 3 is 2.87 bits per heavy atom. The van der Waals surface area contributed by atoms with Crippen molar-refractivity contribution in [2.75, 3.05) is 36.9 Å². The van der Waals surface area contributed by atoms with Crippen LogP contribution < -0.4 is 5.32 Å². The van der Waals surface area contributed by atoms with Crippen LogP contribution in [-0.2, 0) is 10.0 Å². The highest BCUT2D eigenvalue weighted by molar-refractivity contribution is 7.99. The summed E-state index contributed by atoms with van der Waals surface area (Å²) >= 11 is 1.83. The van der Waals surface area contributed by atoms with Crippen molar-refractivity contribution >= 4 is 21.8 Å². The SMILES string of the molecule is CCNCCS(=O)(=O)N1CCSCC1C. The standard InChI is InChI=1S/C9H20N2O2S2/c1-3-10-4-7-15(12,13)11-5-6-14-8-9(11)2/h9-10H,3-8H2,1-2H3. The molecule has 0 radical (unpaired) electrons. The van der Waals surface area contributed by atoms with Crippen LogP contribution in [-0.4, -0.2) is 55.7 Å². The minimum absolute atomic E-state index is 0.148. The molecule has 0 saturated carbocycles. The summed E-state index contributed by atoms with van der Waals surface area (Å²) in [5.41, 5.74) is 0. The number of hydrogen-bond acceptors (Lipinski definition) is 4. The van der Waals surface area contributed by atoms with Gasteiger partial charge in [0.2, 0.25) is 10.0 Å². The normalized spacial score (nSPS) is 24.3. The van der Waals surface area contributed by atoms with Gasteiger partial charge in [0, 0.05) is 30.6 Å². The third kappa shape index (κ3) is 3.94. The first-order valence-corrected chi connectivity index (χ1v) is 8.12. The summed E-state index contributed by atoms with van der Waals surface area (Å²) in [6, 6.07) is 0.148. The molecule has 1 fully saturated rings. The van der Waals surface area contributed by atoms with Crippen molar-refractivity contribution in [3.8, 4) is 0 Å². The van der Waals surface area contributed by atoms with Gasteiger partial charge in [-0.1, -0.05) is 6.92 Å². The molecule has 0 aromatic carbocycles. The highest BCUT2D eigenvalue weighted by Crippen LogP contribution is 2.19. The van der Waals surface area contributed by atoms with Crippen molar-refractivity contribution in [2.45, 2.75) is 19.9 Å². The van der Waals surface area contributed by atoms with Crippen LogP contribution in [0.3, 0.4) is 0 Å². The van der Waals surface area contributed by atoms with Gasteiger partial charge in [0.25, 0.3) is 0 Å². The van der Waals surface area contributed by atoms with Crippen LogP contribution in [0.2, 0.25) is 0 Å². The molecule has 1 saturated heterocycles. The van der Waals surface area contributed by atoms with Crippen LogP contribution in [0.15, 0.2) is 0 Å². The fourth-order valence-corrected chi connectivity index (χ4v) is 4.47. The Kier molecular flexibility index (Phi) is 5.38. The van der Waals surface area contributed by atoms with Crippen molar-refractivity contribution in [3.05, 3.63) is 0 Å². The van der Waals surface area contributed by atoms with Crippen LogP contribution in [0.1, 0.15) is 13.8 Å². The van der Waals surface area contributed by atoms with Gasteiger partial charge in [-0.05, 0) is 13.5 Å². The first kappa shape index (κ1) is 13.3. The van der Waals surface area contributed by atoms with Gasteiger partial charge >= 0.3 is 0 Å². The summed E-state index contributed by atoms with van der Waals surface area (Å²) in [4.78, 5) is 0. The number of hydrogen-bond donors (Lipinski definition) is 1. The predicted octanol–water partition coefficient (Wildman–Crippen LogP) is 0.363. The minimum Gasteiger partial charge on any atom is -0.316 e. The molecule has 0 bridgehead atoms. The molecular formula is C9H20N2O2S2. The van der Waals surface area contributed by atoms with Crippen molar-refractivity contribution in [3.63, 3.8) is 0 Å². The lowest BCUT2D eigenvalue weighted by Crippen LogP contribution is -2.46. The smallest absolute Gasteiger partial charge is 0.215 e. The van der Waals surface area contributed by atoms with E-state index in [4.69, 9.17) is 0 Å². The van der Waals surface area contributed by atoms with E-state index >= 15 is 0 Å². The molecule has 1 heterocycles. The fourth-order valence-electron chi connectivity index (χ4n) is 1.62. The minimum atomic E-state index is -3.05. The Bertz CT molecular complexity index is 280. The number of thioether (sulfide) groups is 1. The van der Waals surface area contributed by atoms with Gasteiger partial charge in [0.05, 0.1) is 5.75 Å². The average Bonchev–Trinajstić information content (AvgIpc) is 2.18. The Hall–Kier alpha value is 0.220. The van der Waals surface area contributed by atoms with Gasteiger partial charge in [0.15, 0.2) is 0 Å². The van der Waals surface area contributed by atoms with E-state index in [-0.39, 0.29) is 11.8 Å². The highest BCUT2D eigenvalue weighted by Gasteiger charge is 2.28. The molecule has 0 aromatic rings. The van der Waals surface area contributed by atoms with Crippen molar-refractivity contribution in [1.82, 2.24) is 9.62 Å². The zero-order valence-electron chi connectivity index (χ0n) is 9.40. The molecule has 1 atom stereocenters. The highest BCUT2D eigenvalue weighted by atomic mass is 32.2. The summed E-state index contributed by atoms with van der Waals surface area (Å²) in [7, 11) is -3.05. The predicted molar refractivity (Wildman–Crippen MR) is 65.8 cm³/mol. The maximum Gasteiger partial charge on any atom is 0.215 e. The maximum absolute atomic E-state index is 11.9. The lowest BCUT2D eigenvalue weighted by molar-refractivity contribution is 0.367. The summed E-state index contributed by atoms with van der Waals surface area (Å²) in [6.07, 6.45) is 0. The van der Waals surface area contributed by atoms with E-state index in [0.717, 1.165) is 18.1 Å². The quantitative estimate of drug-likeness (QED) is 0.718. The lowest BCUT2D eigenvalue weighted by atomic mass is 10.4. The first-order chi connectivity index (χ1) is 7.08. The van der Waals surface area contributed by atoms with Crippen LogP contribution in [0, 0.1) is 0 Å². The summed E-state index contributed by atoms with van der Waals surface area (Å²) < 4.78 is 25.5. The Balaban J connectivity index is 2.51. The van der Waals surface area contributed by atoms with Gasteiger partial charge in [-0.2, -0.15) is 16.1 Å². The van der Waals surface area contributed by atoms with Gasteiger partial charge in [0.1, 0.15) is 0 Å². The Labute approximate surface area is 96.8 Å². The zero-order valence-corrected chi connectivity index (χ0v) is 11.0. The number of sulfonamides is 1. The first-order valence-electron chi connectivity index (χ1n) is 5.36. The van der Waals surface area contributed by atoms with Crippen molar-refractivity contribution in [2.24, 2.45) is 0 Å². The summed E-state index contributed by atoms with van der Waals surface area (Å²) in [5.74, 6) is 2.06. The third-order valence-corrected chi connectivity index (χ3v) is 5.62. The Morgan fingerprint density at radius 2 is 2.27 bits per heavy atom. The molecule has 1 aliphatic rings. The zero-order chi connectivity index (χ0) is 11.3. The molecule has 0 amide bonds. The van der Waals surface area contributed by atoms with Crippen LogP contribution >= 0.6 is 11.8 Å². The second kappa shape index (κ2) is 6.08. The summed E-state index contributed by atoms with van der Waals surface area (Å²) in [6.45, 7) is 6.00. The topological polar surface area (TPSA) is 49.4 Å². The van der Waals surface area contributed by atoms with Crippen LogP contribution in [0.5, 0.6) is 0 Å². The van der Waals surface area contributed by atoms with Gasteiger partial charge in [-0.3, -0.25) is 0 Å². The molecule has 1 aliphatic heterocycles. The molecule has 1 rings (SSSR count). The van der Waals surface area contributed by atoms with Crippen LogP contribution in [0.25, 0.3) is 0 Å². The Morgan fingerprint density at radius 1 is 1.53 bits per heavy atom. The average molecular weight is 252 g/mol. The largest absolute Gasteiger partial charge is 0.316 e. The molecule has 0 aromatic heterocycles.